The Morgan fingerprint density at radius 1 is 1.91 bits per heavy atom. The van der Waals surface area contributed by atoms with Crippen LogP contribution in [-0.4, -0.2) is 21.4 Å². The van der Waals surface area contributed by atoms with Gasteiger partial charge in [-0.1, -0.05) is 4.81 Å². The topological polar surface area (TPSA) is 61.7 Å². The summed E-state index contributed by atoms with van der Waals surface area (Å²) in [7, 11) is 0. The van der Waals surface area contributed by atoms with Crippen LogP contribution in [-0.2, 0) is 9.73 Å². The van der Waals surface area contributed by atoms with Crippen LogP contribution in [0.5, 0.6) is 0 Å². The summed E-state index contributed by atoms with van der Waals surface area (Å²) in [5.41, 5.74) is 0. The van der Waals surface area contributed by atoms with Gasteiger partial charge in [-0.05, 0) is 28.0 Å². The quantitative estimate of drug-likeness (QED) is 0.452. The second-order valence-electron chi connectivity index (χ2n) is 2.29. The molecule has 0 aromatic heterocycles. The Bertz CT molecular complexity index is 230. The van der Waals surface area contributed by atoms with Crippen molar-refractivity contribution in [3.63, 3.8) is 0 Å². The first-order chi connectivity index (χ1) is 4.98. The van der Waals surface area contributed by atoms with Crippen molar-refractivity contribution >= 4 is 26.5 Å². The molecule has 5 nitrogen and oxygen atoms in total. The van der Waals surface area contributed by atoms with Gasteiger partial charge in [0.25, 0.3) is 0 Å². The van der Waals surface area contributed by atoms with Crippen molar-refractivity contribution < 1.29 is 14.5 Å². The van der Waals surface area contributed by atoms with Gasteiger partial charge in [-0.2, -0.15) is 4.94 Å². The minimum atomic E-state index is -1.36. The molecular weight excluding hydrogens is 216 g/mol. The van der Waals surface area contributed by atoms with Crippen molar-refractivity contribution in [1.29, 1.82) is 0 Å². The highest BCUT2D eigenvalue weighted by molar-refractivity contribution is 9.18. The summed E-state index contributed by atoms with van der Waals surface area (Å²) in [6.45, 7) is 2.74. The molecule has 0 N–H and O–H groups in total. The predicted molar refractivity (Wildman–Crippen MR) is 41.2 cm³/mol. The Balaban J connectivity index is 2.88. The number of amides is 1. The molecule has 1 amide bonds. The van der Waals surface area contributed by atoms with E-state index in [1.54, 1.807) is 6.92 Å². The van der Waals surface area contributed by atoms with Gasteiger partial charge >= 0.3 is 5.91 Å². The van der Waals surface area contributed by atoms with Crippen molar-refractivity contribution in [3.8, 4) is 0 Å². The number of rotatable bonds is 0. The zero-order valence-electron chi connectivity index (χ0n) is 6.07. The molecule has 0 aromatic carbocycles. The normalized spacial score (nSPS) is 36.4. The lowest BCUT2D eigenvalue weighted by molar-refractivity contribution is -1.01. The minimum absolute atomic E-state index is 0.364. The van der Waals surface area contributed by atoms with E-state index in [1.807, 2.05) is 0 Å². The third-order valence-electron chi connectivity index (χ3n) is 1.54. The fourth-order valence-electron chi connectivity index (χ4n) is 0.717. The lowest BCUT2D eigenvalue weighted by Crippen LogP contribution is -2.49. The van der Waals surface area contributed by atoms with E-state index in [-0.39, 0.29) is 0 Å². The third kappa shape index (κ3) is 1.17. The number of oxime groups is 1. The molecular formula is C5H7BrN2O3. The van der Waals surface area contributed by atoms with Crippen LogP contribution in [0.1, 0.15) is 13.8 Å². The maximum absolute atomic E-state index is 11.4. The van der Waals surface area contributed by atoms with E-state index >= 15 is 0 Å². The molecule has 2 unspecified atom stereocenters. The van der Waals surface area contributed by atoms with E-state index in [4.69, 9.17) is 0 Å². The molecule has 0 radical (unpaired) electrons. The number of carbonyl (C=O) groups excluding carboxylic acids is 1. The summed E-state index contributed by atoms with van der Waals surface area (Å²) in [5.74, 6) is -0.615. The maximum Gasteiger partial charge on any atom is 0.354 e. The highest BCUT2D eigenvalue weighted by Crippen LogP contribution is 2.24. The molecule has 2 atom stereocenters. The van der Waals surface area contributed by atoms with Gasteiger partial charge < -0.3 is 5.21 Å². The van der Waals surface area contributed by atoms with Gasteiger partial charge in [0.2, 0.25) is 0 Å². The molecule has 0 spiro atoms. The monoisotopic (exact) mass is 222 g/mol. The fraction of sp³-hybridized carbons (Fsp3) is 0.600. The second kappa shape index (κ2) is 2.54. The van der Waals surface area contributed by atoms with Crippen LogP contribution in [0.3, 0.4) is 0 Å². The highest BCUT2D eigenvalue weighted by atomic mass is 79.9. The Morgan fingerprint density at radius 3 is 2.64 bits per heavy atom. The largest absolute Gasteiger partial charge is 0.579 e. The number of hydrogen-bond donors (Lipinski definition) is 0. The lowest BCUT2D eigenvalue weighted by Gasteiger charge is -2.30. The number of hydrogen-bond acceptors (Lipinski definition) is 4. The van der Waals surface area contributed by atoms with Crippen LogP contribution < -0.4 is 0 Å². The van der Waals surface area contributed by atoms with Crippen molar-refractivity contribution in [3.05, 3.63) is 5.21 Å². The molecule has 0 saturated heterocycles. The van der Waals surface area contributed by atoms with Gasteiger partial charge in [-0.3, -0.25) is 0 Å². The van der Waals surface area contributed by atoms with Crippen molar-refractivity contribution in [2.24, 2.45) is 5.16 Å². The molecule has 0 saturated carbocycles. The smallest absolute Gasteiger partial charge is 0.354 e. The molecule has 6 heteroatoms. The van der Waals surface area contributed by atoms with Gasteiger partial charge in [0, 0.05) is 0 Å². The van der Waals surface area contributed by atoms with E-state index in [2.05, 4.69) is 26.0 Å². The number of nitrogens with zero attached hydrogens (tertiary/aromatic N) is 2. The zero-order chi connectivity index (χ0) is 8.65. The summed E-state index contributed by atoms with van der Waals surface area (Å²) in [6, 6.07) is -0.604. The van der Waals surface area contributed by atoms with E-state index in [0.29, 0.717) is 4.62 Å². The Labute approximate surface area is 71.9 Å². The summed E-state index contributed by atoms with van der Waals surface area (Å²) < 4.78 is 0.364. The van der Waals surface area contributed by atoms with E-state index in [1.165, 1.54) is 6.92 Å². The summed E-state index contributed by atoms with van der Waals surface area (Å²) in [6.07, 6.45) is 0. The molecule has 0 fully saturated rings. The van der Waals surface area contributed by atoms with E-state index in [9.17, 15) is 10.0 Å². The molecule has 1 rings (SSSR count). The SMILES string of the molecule is CC(=O)[N+]1([O-])ON=C(Br)C1C. The molecule has 1 heterocycles. The third-order valence-corrected chi connectivity index (χ3v) is 2.35. The van der Waals surface area contributed by atoms with Crippen molar-refractivity contribution in [2.75, 3.05) is 0 Å². The zero-order valence-corrected chi connectivity index (χ0v) is 7.66. The van der Waals surface area contributed by atoms with Crippen LogP contribution in [0.2, 0.25) is 0 Å². The second-order valence-corrected chi connectivity index (χ2v) is 3.10. The van der Waals surface area contributed by atoms with E-state index in [0.717, 1.165) is 0 Å². The van der Waals surface area contributed by atoms with Crippen molar-refractivity contribution in [1.82, 2.24) is 0 Å². The first-order valence-electron chi connectivity index (χ1n) is 3.01. The van der Waals surface area contributed by atoms with Crippen molar-refractivity contribution in [2.45, 2.75) is 19.9 Å². The summed E-state index contributed by atoms with van der Waals surface area (Å²) in [5, 5.41) is 14.7. The number of halogens is 1. The lowest BCUT2D eigenvalue weighted by atomic mass is 10.3. The van der Waals surface area contributed by atoms with Crippen LogP contribution >= 0.6 is 15.9 Å². The first kappa shape index (κ1) is 8.63. The number of carbonyl (C=O) groups is 1. The molecule has 1 aliphatic rings. The van der Waals surface area contributed by atoms with Gasteiger partial charge in [0.1, 0.15) is 0 Å². The predicted octanol–water partition coefficient (Wildman–Crippen LogP) is 0.890. The van der Waals surface area contributed by atoms with Crippen LogP contribution in [0.4, 0.5) is 0 Å². The molecule has 11 heavy (non-hydrogen) atoms. The standard InChI is InChI=1S/C5H7BrN2O3/c1-3-5(6)7-11-8(3,10)4(2)9/h3H,1-2H3. The summed E-state index contributed by atoms with van der Waals surface area (Å²) in [4.78, 5) is 13.8. The molecule has 0 aliphatic carbocycles. The average Bonchev–Trinajstić information content (AvgIpc) is 2.18. The van der Waals surface area contributed by atoms with Gasteiger partial charge in [-0.25, -0.2) is 4.79 Å². The molecule has 62 valence electrons. The average molecular weight is 223 g/mol. The molecule has 0 aromatic rings. The van der Waals surface area contributed by atoms with Gasteiger partial charge in [-0.15, -0.1) is 0 Å². The summed E-state index contributed by atoms with van der Waals surface area (Å²) >= 11 is 3.00. The molecule has 1 aliphatic heterocycles. The molecule has 0 bridgehead atoms. The van der Waals surface area contributed by atoms with Crippen LogP contribution in [0.15, 0.2) is 5.16 Å². The fourth-order valence-corrected chi connectivity index (χ4v) is 1.05. The Kier molecular flexibility index (Phi) is 2.00. The Hall–Kier alpha value is -0.460. The first-order valence-corrected chi connectivity index (χ1v) is 3.81. The van der Waals surface area contributed by atoms with Crippen LogP contribution in [0.25, 0.3) is 0 Å². The highest BCUT2D eigenvalue weighted by Gasteiger charge is 2.42. The number of quaternary nitrogens is 1. The Morgan fingerprint density at radius 2 is 2.45 bits per heavy atom. The number of hydroxylamine groups is 4. The van der Waals surface area contributed by atoms with E-state index < -0.39 is 16.8 Å². The van der Waals surface area contributed by atoms with Gasteiger partial charge in [0.15, 0.2) is 10.7 Å². The van der Waals surface area contributed by atoms with Gasteiger partial charge in [0.05, 0.1) is 6.92 Å². The minimum Gasteiger partial charge on any atom is -0.579 e. The van der Waals surface area contributed by atoms with Crippen LogP contribution in [0, 0.1) is 5.21 Å². The maximum atomic E-state index is 11.4.